The van der Waals surface area contributed by atoms with Crippen LogP contribution in [0.2, 0.25) is 5.28 Å². The van der Waals surface area contributed by atoms with Crippen LogP contribution in [0.1, 0.15) is 18.6 Å². The quantitative estimate of drug-likeness (QED) is 0.837. The molecule has 0 unspecified atom stereocenters. The zero-order valence-electron chi connectivity index (χ0n) is 10.4. The van der Waals surface area contributed by atoms with E-state index in [4.69, 9.17) is 20.8 Å². The van der Waals surface area contributed by atoms with E-state index in [1.54, 1.807) is 6.26 Å². The Hall–Kier alpha value is -1.82. The molecule has 0 aromatic carbocycles. The van der Waals surface area contributed by atoms with Gasteiger partial charge in [0.1, 0.15) is 5.76 Å². The number of halogens is 1. The summed E-state index contributed by atoms with van der Waals surface area (Å²) in [6, 6.07) is 4.44. The molecule has 2 aromatic rings. The highest BCUT2D eigenvalue weighted by Crippen LogP contribution is 2.32. The van der Waals surface area contributed by atoms with E-state index in [9.17, 15) is 0 Å². The van der Waals surface area contributed by atoms with Crippen molar-refractivity contribution < 1.29 is 9.15 Å². The molecule has 0 atom stereocenters. The molecule has 1 aliphatic rings. The number of ether oxygens (including phenoxy) is 1. The van der Waals surface area contributed by atoms with Crippen LogP contribution in [0.15, 0.2) is 22.8 Å². The van der Waals surface area contributed by atoms with Gasteiger partial charge in [-0.2, -0.15) is 15.0 Å². The van der Waals surface area contributed by atoms with E-state index in [2.05, 4.69) is 19.9 Å². The highest BCUT2D eigenvalue weighted by atomic mass is 35.5. The van der Waals surface area contributed by atoms with E-state index in [1.165, 1.54) is 7.11 Å². The van der Waals surface area contributed by atoms with Gasteiger partial charge in [0, 0.05) is 6.04 Å². The molecule has 1 fully saturated rings. The van der Waals surface area contributed by atoms with Crippen molar-refractivity contribution in [2.24, 2.45) is 0 Å². The van der Waals surface area contributed by atoms with Gasteiger partial charge in [-0.05, 0) is 36.6 Å². The number of methoxy groups -OCH3 is 1. The van der Waals surface area contributed by atoms with Crippen molar-refractivity contribution in [3.05, 3.63) is 29.4 Å². The second-order valence-corrected chi connectivity index (χ2v) is 4.67. The molecule has 0 aliphatic heterocycles. The Kier molecular flexibility index (Phi) is 3.25. The molecule has 100 valence electrons. The molecule has 2 aromatic heterocycles. The lowest BCUT2D eigenvalue weighted by Crippen LogP contribution is -2.27. The third-order valence-corrected chi connectivity index (χ3v) is 3.08. The van der Waals surface area contributed by atoms with Crippen LogP contribution in [-0.2, 0) is 6.54 Å². The summed E-state index contributed by atoms with van der Waals surface area (Å²) < 4.78 is 10.4. The molecule has 2 heterocycles. The van der Waals surface area contributed by atoms with Crippen molar-refractivity contribution in [3.63, 3.8) is 0 Å². The van der Waals surface area contributed by atoms with Gasteiger partial charge in [0.15, 0.2) is 0 Å². The van der Waals surface area contributed by atoms with Crippen LogP contribution >= 0.6 is 11.6 Å². The normalized spacial score (nSPS) is 14.4. The average Bonchev–Trinajstić information content (AvgIpc) is 3.12. The Morgan fingerprint density at radius 3 is 2.89 bits per heavy atom. The second-order valence-electron chi connectivity index (χ2n) is 4.33. The first-order valence-corrected chi connectivity index (χ1v) is 6.38. The lowest BCUT2D eigenvalue weighted by molar-refractivity contribution is 0.377. The van der Waals surface area contributed by atoms with Gasteiger partial charge in [-0.25, -0.2) is 0 Å². The molecule has 0 radical (unpaired) electrons. The molecule has 1 saturated carbocycles. The first-order chi connectivity index (χ1) is 9.26. The van der Waals surface area contributed by atoms with Gasteiger partial charge < -0.3 is 14.1 Å². The van der Waals surface area contributed by atoms with Crippen molar-refractivity contribution in [1.82, 2.24) is 15.0 Å². The molecule has 19 heavy (non-hydrogen) atoms. The van der Waals surface area contributed by atoms with E-state index < -0.39 is 0 Å². The molecular formula is C12H13ClN4O2. The van der Waals surface area contributed by atoms with Gasteiger partial charge in [0.05, 0.1) is 19.9 Å². The Labute approximate surface area is 115 Å². The highest BCUT2D eigenvalue weighted by Gasteiger charge is 2.32. The predicted octanol–water partition coefficient (Wildman–Crippen LogP) is 2.30. The maximum absolute atomic E-state index is 5.89. The molecule has 0 bridgehead atoms. The van der Waals surface area contributed by atoms with Crippen LogP contribution in [0, 0.1) is 0 Å². The summed E-state index contributed by atoms with van der Waals surface area (Å²) in [6.07, 6.45) is 3.89. The number of hydrogen-bond acceptors (Lipinski definition) is 6. The van der Waals surface area contributed by atoms with Gasteiger partial charge in [0.25, 0.3) is 0 Å². The topological polar surface area (TPSA) is 64.3 Å². The fourth-order valence-corrected chi connectivity index (χ4v) is 2.01. The summed E-state index contributed by atoms with van der Waals surface area (Å²) >= 11 is 5.89. The van der Waals surface area contributed by atoms with Crippen LogP contribution in [0.4, 0.5) is 5.95 Å². The van der Waals surface area contributed by atoms with E-state index >= 15 is 0 Å². The SMILES string of the molecule is COc1nc(Cl)nc(N(Cc2ccco2)C2CC2)n1. The molecule has 3 rings (SSSR count). The number of rotatable bonds is 5. The molecule has 0 N–H and O–H groups in total. The van der Waals surface area contributed by atoms with Crippen LogP contribution in [0.5, 0.6) is 6.01 Å². The minimum absolute atomic E-state index is 0.131. The third kappa shape index (κ3) is 2.78. The number of aromatic nitrogens is 3. The molecular weight excluding hydrogens is 268 g/mol. The molecule has 7 heteroatoms. The minimum atomic E-state index is 0.131. The number of nitrogens with zero attached hydrogens (tertiary/aromatic N) is 4. The van der Waals surface area contributed by atoms with Crippen molar-refractivity contribution in [2.45, 2.75) is 25.4 Å². The number of anilines is 1. The van der Waals surface area contributed by atoms with Crippen molar-refractivity contribution >= 4 is 17.5 Å². The Morgan fingerprint density at radius 1 is 1.42 bits per heavy atom. The predicted molar refractivity (Wildman–Crippen MR) is 69.3 cm³/mol. The Bertz CT molecular complexity index is 557. The van der Waals surface area contributed by atoms with Crippen molar-refractivity contribution in [1.29, 1.82) is 0 Å². The lowest BCUT2D eigenvalue weighted by Gasteiger charge is -2.21. The molecule has 0 spiro atoms. The highest BCUT2D eigenvalue weighted by molar-refractivity contribution is 6.28. The van der Waals surface area contributed by atoms with Crippen LogP contribution in [0.25, 0.3) is 0 Å². The van der Waals surface area contributed by atoms with Gasteiger partial charge in [-0.15, -0.1) is 0 Å². The smallest absolute Gasteiger partial charge is 0.322 e. The monoisotopic (exact) mass is 280 g/mol. The first-order valence-electron chi connectivity index (χ1n) is 6.01. The lowest BCUT2D eigenvalue weighted by atomic mass is 10.4. The summed E-state index contributed by atoms with van der Waals surface area (Å²) in [7, 11) is 1.50. The van der Waals surface area contributed by atoms with E-state index in [-0.39, 0.29) is 11.3 Å². The number of hydrogen-bond donors (Lipinski definition) is 0. The summed E-state index contributed by atoms with van der Waals surface area (Å²) in [4.78, 5) is 14.4. The van der Waals surface area contributed by atoms with Crippen molar-refractivity contribution in [3.8, 4) is 6.01 Å². The maximum Gasteiger partial charge on any atom is 0.322 e. The summed E-state index contributed by atoms with van der Waals surface area (Å²) in [5.41, 5.74) is 0. The van der Waals surface area contributed by atoms with Crippen LogP contribution in [-0.4, -0.2) is 28.1 Å². The van der Waals surface area contributed by atoms with E-state index in [0.29, 0.717) is 18.5 Å². The first kappa shape index (κ1) is 12.2. The largest absolute Gasteiger partial charge is 0.467 e. The van der Waals surface area contributed by atoms with Gasteiger partial charge >= 0.3 is 6.01 Å². The molecule has 1 aliphatic carbocycles. The molecule has 6 nitrogen and oxygen atoms in total. The van der Waals surface area contributed by atoms with Crippen LogP contribution < -0.4 is 9.64 Å². The fraction of sp³-hybridized carbons (Fsp3) is 0.417. The average molecular weight is 281 g/mol. The Morgan fingerprint density at radius 2 is 2.26 bits per heavy atom. The molecule has 0 saturated heterocycles. The maximum atomic E-state index is 5.89. The third-order valence-electron chi connectivity index (χ3n) is 2.91. The van der Waals surface area contributed by atoms with Crippen molar-refractivity contribution in [2.75, 3.05) is 12.0 Å². The van der Waals surface area contributed by atoms with Gasteiger partial charge in [-0.3, -0.25) is 0 Å². The van der Waals surface area contributed by atoms with E-state index in [0.717, 1.165) is 18.6 Å². The number of furan rings is 1. The van der Waals surface area contributed by atoms with E-state index in [1.807, 2.05) is 12.1 Å². The summed E-state index contributed by atoms with van der Waals surface area (Å²) in [5, 5.41) is 0.131. The molecule has 0 amide bonds. The minimum Gasteiger partial charge on any atom is -0.467 e. The fourth-order valence-electron chi connectivity index (χ4n) is 1.86. The summed E-state index contributed by atoms with van der Waals surface area (Å²) in [5.74, 6) is 1.39. The summed E-state index contributed by atoms with van der Waals surface area (Å²) in [6.45, 7) is 0.612. The zero-order valence-corrected chi connectivity index (χ0v) is 11.2. The standard InChI is InChI=1S/C12H13ClN4O2/c1-18-12-15-10(13)14-11(16-12)17(8-4-5-8)7-9-3-2-6-19-9/h2-3,6,8H,4-5,7H2,1H3. The van der Waals surface area contributed by atoms with Crippen LogP contribution in [0.3, 0.4) is 0 Å². The second kappa shape index (κ2) is 5.05. The Balaban J connectivity index is 1.89. The van der Waals surface area contributed by atoms with Gasteiger partial charge in [-0.1, -0.05) is 0 Å². The van der Waals surface area contributed by atoms with Gasteiger partial charge in [0.2, 0.25) is 11.2 Å². The zero-order chi connectivity index (χ0) is 13.2.